The fourth-order valence-electron chi connectivity index (χ4n) is 2.82. The number of furan rings is 1. The van der Waals surface area contributed by atoms with Gasteiger partial charge in [-0.3, -0.25) is 14.3 Å². The molecule has 2 amide bonds. The molecule has 22 heavy (non-hydrogen) atoms. The zero-order valence-electron chi connectivity index (χ0n) is 12.8. The van der Waals surface area contributed by atoms with Crippen LogP contribution >= 0.6 is 0 Å². The molecule has 1 atom stereocenters. The summed E-state index contributed by atoms with van der Waals surface area (Å²) in [6.45, 7) is 4.29. The number of likely N-dealkylation sites (N-methyl/N-ethyl adjacent to an activating group) is 1. The van der Waals surface area contributed by atoms with Gasteiger partial charge in [0.2, 0.25) is 5.91 Å². The second-order valence-corrected chi connectivity index (χ2v) is 5.41. The first-order valence-corrected chi connectivity index (χ1v) is 7.11. The van der Waals surface area contributed by atoms with Crippen molar-refractivity contribution in [3.8, 4) is 0 Å². The minimum absolute atomic E-state index is 0.129. The molecule has 0 aromatic carbocycles. The SMILES string of the molecule is CNC(=O)C1CN(C(=O)c2cc(C)oc2C)Cc2ccnn21. The van der Waals surface area contributed by atoms with Crippen molar-refractivity contribution < 1.29 is 14.0 Å². The summed E-state index contributed by atoms with van der Waals surface area (Å²) in [5.74, 6) is 1.00. The number of hydrogen-bond acceptors (Lipinski definition) is 4. The first kappa shape index (κ1) is 14.4. The average Bonchev–Trinajstić information content (AvgIpc) is 3.10. The number of nitrogens with zero attached hydrogens (tertiary/aromatic N) is 3. The van der Waals surface area contributed by atoms with E-state index >= 15 is 0 Å². The molecule has 1 unspecified atom stereocenters. The summed E-state index contributed by atoms with van der Waals surface area (Å²) in [5.41, 5.74) is 1.38. The van der Waals surface area contributed by atoms with Crippen LogP contribution < -0.4 is 5.32 Å². The molecule has 1 aliphatic heterocycles. The highest BCUT2D eigenvalue weighted by atomic mass is 16.3. The lowest BCUT2D eigenvalue weighted by Crippen LogP contribution is -2.46. The Kier molecular flexibility index (Phi) is 3.48. The first-order valence-electron chi connectivity index (χ1n) is 7.11. The molecule has 2 aromatic rings. The van der Waals surface area contributed by atoms with Gasteiger partial charge in [-0.25, -0.2) is 0 Å². The van der Waals surface area contributed by atoms with Crippen molar-refractivity contribution in [2.45, 2.75) is 26.4 Å². The zero-order chi connectivity index (χ0) is 15.9. The maximum absolute atomic E-state index is 12.7. The Morgan fingerprint density at radius 3 is 2.82 bits per heavy atom. The molecule has 0 aliphatic carbocycles. The van der Waals surface area contributed by atoms with Gasteiger partial charge in [0.15, 0.2) is 0 Å². The van der Waals surface area contributed by atoms with E-state index in [2.05, 4.69) is 10.4 Å². The lowest BCUT2D eigenvalue weighted by molar-refractivity contribution is -0.125. The highest BCUT2D eigenvalue weighted by molar-refractivity contribution is 5.95. The van der Waals surface area contributed by atoms with E-state index < -0.39 is 6.04 Å². The van der Waals surface area contributed by atoms with Gasteiger partial charge in [-0.05, 0) is 26.0 Å². The number of aryl methyl sites for hydroxylation is 2. The van der Waals surface area contributed by atoms with E-state index in [4.69, 9.17) is 4.42 Å². The third-order valence-corrected chi connectivity index (χ3v) is 3.90. The van der Waals surface area contributed by atoms with E-state index in [9.17, 15) is 9.59 Å². The summed E-state index contributed by atoms with van der Waals surface area (Å²) in [6.07, 6.45) is 1.65. The van der Waals surface area contributed by atoms with Crippen LogP contribution in [0.2, 0.25) is 0 Å². The van der Waals surface area contributed by atoms with Gasteiger partial charge in [0.1, 0.15) is 17.6 Å². The number of carbonyl (C=O) groups excluding carboxylic acids is 2. The smallest absolute Gasteiger partial charge is 0.257 e. The lowest BCUT2D eigenvalue weighted by Gasteiger charge is -2.32. The molecular formula is C15H18N4O3. The molecule has 0 fully saturated rings. The number of carbonyl (C=O) groups is 2. The Bertz CT molecular complexity index is 731. The molecule has 1 N–H and O–H groups in total. The number of nitrogens with one attached hydrogen (secondary N) is 1. The third-order valence-electron chi connectivity index (χ3n) is 3.90. The van der Waals surface area contributed by atoms with Crippen LogP contribution in [-0.2, 0) is 11.3 Å². The van der Waals surface area contributed by atoms with Gasteiger partial charge >= 0.3 is 0 Å². The molecule has 3 heterocycles. The molecule has 116 valence electrons. The van der Waals surface area contributed by atoms with E-state index in [1.807, 2.05) is 13.0 Å². The molecule has 1 aliphatic rings. The van der Waals surface area contributed by atoms with E-state index in [0.717, 1.165) is 5.69 Å². The van der Waals surface area contributed by atoms with Crippen molar-refractivity contribution in [2.75, 3.05) is 13.6 Å². The van der Waals surface area contributed by atoms with Crippen LogP contribution in [0.25, 0.3) is 0 Å². The summed E-state index contributed by atoms with van der Waals surface area (Å²) >= 11 is 0. The van der Waals surface area contributed by atoms with Crippen molar-refractivity contribution in [1.29, 1.82) is 0 Å². The normalized spacial score (nSPS) is 17.2. The van der Waals surface area contributed by atoms with Crippen LogP contribution in [0.5, 0.6) is 0 Å². The van der Waals surface area contributed by atoms with Gasteiger partial charge in [-0.15, -0.1) is 0 Å². The standard InChI is InChI=1S/C15H18N4O3/c1-9-6-12(10(2)22-9)15(21)18-7-11-4-5-17-19(11)13(8-18)14(20)16-3/h4-6,13H,7-8H2,1-3H3,(H,16,20). The first-order chi connectivity index (χ1) is 10.5. The molecule has 0 bridgehead atoms. The molecule has 0 radical (unpaired) electrons. The predicted octanol–water partition coefficient (Wildman–Crippen LogP) is 1.04. The average molecular weight is 302 g/mol. The number of rotatable bonds is 2. The van der Waals surface area contributed by atoms with Crippen LogP contribution in [0.4, 0.5) is 0 Å². The molecule has 7 nitrogen and oxygen atoms in total. The van der Waals surface area contributed by atoms with E-state index in [1.165, 1.54) is 0 Å². The van der Waals surface area contributed by atoms with Crippen molar-refractivity contribution in [3.05, 3.63) is 41.1 Å². The van der Waals surface area contributed by atoms with Gasteiger partial charge in [0.05, 0.1) is 24.3 Å². The van der Waals surface area contributed by atoms with Gasteiger partial charge in [-0.1, -0.05) is 0 Å². The van der Waals surface area contributed by atoms with Gasteiger partial charge < -0.3 is 14.6 Å². The number of fused-ring (bicyclic) bond motifs is 1. The summed E-state index contributed by atoms with van der Waals surface area (Å²) in [7, 11) is 1.58. The van der Waals surface area contributed by atoms with E-state index in [1.54, 1.807) is 35.8 Å². The summed E-state index contributed by atoms with van der Waals surface area (Å²) in [6, 6.07) is 3.04. The zero-order valence-corrected chi connectivity index (χ0v) is 12.8. The van der Waals surface area contributed by atoms with Crippen LogP contribution in [0, 0.1) is 13.8 Å². The Labute approximate surface area is 127 Å². The maximum atomic E-state index is 12.7. The van der Waals surface area contributed by atoms with Gasteiger partial charge in [0.25, 0.3) is 5.91 Å². The molecule has 7 heteroatoms. The Hall–Kier alpha value is -2.57. The topological polar surface area (TPSA) is 80.4 Å². The van der Waals surface area contributed by atoms with Crippen LogP contribution in [-0.4, -0.2) is 40.1 Å². The van der Waals surface area contributed by atoms with Crippen molar-refractivity contribution in [2.24, 2.45) is 0 Å². The number of amides is 2. The molecule has 0 spiro atoms. The summed E-state index contributed by atoms with van der Waals surface area (Å²) in [5, 5.41) is 6.82. The Balaban J connectivity index is 1.92. The monoisotopic (exact) mass is 302 g/mol. The minimum atomic E-state index is -0.513. The molecule has 3 rings (SSSR count). The van der Waals surface area contributed by atoms with Crippen molar-refractivity contribution in [3.63, 3.8) is 0 Å². The maximum Gasteiger partial charge on any atom is 0.257 e. The van der Waals surface area contributed by atoms with Gasteiger partial charge in [-0.2, -0.15) is 5.10 Å². The minimum Gasteiger partial charge on any atom is -0.466 e. The molecule has 2 aromatic heterocycles. The van der Waals surface area contributed by atoms with Crippen LogP contribution in [0.1, 0.15) is 33.6 Å². The lowest BCUT2D eigenvalue weighted by atomic mass is 10.1. The van der Waals surface area contributed by atoms with Crippen LogP contribution in [0.15, 0.2) is 22.7 Å². The Morgan fingerprint density at radius 1 is 1.41 bits per heavy atom. The van der Waals surface area contributed by atoms with Crippen molar-refractivity contribution >= 4 is 11.8 Å². The third kappa shape index (κ3) is 2.28. The largest absolute Gasteiger partial charge is 0.466 e. The quantitative estimate of drug-likeness (QED) is 0.898. The number of hydrogen-bond donors (Lipinski definition) is 1. The fourth-order valence-corrected chi connectivity index (χ4v) is 2.82. The van der Waals surface area contributed by atoms with E-state index in [0.29, 0.717) is 23.6 Å². The molecule has 0 saturated heterocycles. The summed E-state index contributed by atoms with van der Waals surface area (Å²) < 4.78 is 7.11. The highest BCUT2D eigenvalue weighted by Gasteiger charge is 2.33. The Morgan fingerprint density at radius 2 is 2.18 bits per heavy atom. The second-order valence-electron chi connectivity index (χ2n) is 5.41. The van der Waals surface area contributed by atoms with Crippen molar-refractivity contribution in [1.82, 2.24) is 20.0 Å². The second kappa shape index (κ2) is 5.32. The van der Waals surface area contributed by atoms with Gasteiger partial charge in [0, 0.05) is 13.2 Å². The van der Waals surface area contributed by atoms with Crippen LogP contribution in [0.3, 0.4) is 0 Å². The fraction of sp³-hybridized carbons (Fsp3) is 0.400. The predicted molar refractivity (Wildman–Crippen MR) is 78.3 cm³/mol. The molecular weight excluding hydrogens is 284 g/mol. The molecule has 0 saturated carbocycles. The van der Waals surface area contributed by atoms with E-state index in [-0.39, 0.29) is 18.4 Å². The summed E-state index contributed by atoms with van der Waals surface area (Å²) in [4.78, 5) is 26.5. The number of aromatic nitrogens is 2. The highest BCUT2D eigenvalue weighted by Crippen LogP contribution is 2.24.